The number of methoxy groups -OCH3 is 1. The Bertz CT molecular complexity index is 671. The number of benzene rings is 2. The van der Waals surface area contributed by atoms with Crippen molar-refractivity contribution in [2.45, 2.75) is 19.1 Å². The predicted octanol–water partition coefficient (Wildman–Crippen LogP) is 2.02. The SMILES string of the molecule is COc1ccc(C[C@H](N)C(=O)NC(=O)OCc2ccccc2)cc1. The van der Waals surface area contributed by atoms with E-state index in [0.29, 0.717) is 6.42 Å². The Hall–Kier alpha value is -2.86. The van der Waals surface area contributed by atoms with Gasteiger partial charge in [0.2, 0.25) is 5.91 Å². The zero-order valence-electron chi connectivity index (χ0n) is 13.4. The van der Waals surface area contributed by atoms with Gasteiger partial charge in [0.15, 0.2) is 0 Å². The van der Waals surface area contributed by atoms with E-state index in [4.69, 9.17) is 15.2 Å². The molecule has 2 aromatic carbocycles. The third kappa shape index (κ3) is 5.40. The van der Waals surface area contributed by atoms with Crippen molar-refractivity contribution < 1.29 is 19.1 Å². The highest BCUT2D eigenvalue weighted by Crippen LogP contribution is 2.12. The molecular weight excluding hydrogens is 308 g/mol. The molecule has 0 fully saturated rings. The molecule has 0 aromatic heterocycles. The van der Waals surface area contributed by atoms with Crippen molar-refractivity contribution >= 4 is 12.0 Å². The Labute approximate surface area is 140 Å². The Morgan fingerprint density at radius 1 is 1.04 bits per heavy atom. The van der Waals surface area contributed by atoms with Crippen LogP contribution in [0.25, 0.3) is 0 Å². The van der Waals surface area contributed by atoms with Gasteiger partial charge in [0.1, 0.15) is 12.4 Å². The van der Waals surface area contributed by atoms with Crippen LogP contribution in [0.15, 0.2) is 54.6 Å². The molecule has 0 radical (unpaired) electrons. The van der Waals surface area contributed by atoms with Gasteiger partial charge >= 0.3 is 6.09 Å². The van der Waals surface area contributed by atoms with E-state index in [0.717, 1.165) is 16.9 Å². The molecule has 126 valence electrons. The third-order valence-corrected chi connectivity index (χ3v) is 3.39. The van der Waals surface area contributed by atoms with E-state index >= 15 is 0 Å². The van der Waals surface area contributed by atoms with Gasteiger partial charge in [0.05, 0.1) is 13.2 Å². The molecule has 2 aromatic rings. The van der Waals surface area contributed by atoms with Gasteiger partial charge in [-0.25, -0.2) is 4.79 Å². The minimum Gasteiger partial charge on any atom is -0.497 e. The molecule has 24 heavy (non-hydrogen) atoms. The monoisotopic (exact) mass is 328 g/mol. The fourth-order valence-corrected chi connectivity index (χ4v) is 2.06. The average molecular weight is 328 g/mol. The number of carbonyl (C=O) groups excluding carboxylic acids is 2. The molecule has 0 saturated heterocycles. The summed E-state index contributed by atoms with van der Waals surface area (Å²) in [5.41, 5.74) is 7.53. The summed E-state index contributed by atoms with van der Waals surface area (Å²) < 4.78 is 10.1. The van der Waals surface area contributed by atoms with Gasteiger partial charge in [0.25, 0.3) is 0 Å². The Morgan fingerprint density at radius 3 is 2.33 bits per heavy atom. The molecule has 6 heteroatoms. The summed E-state index contributed by atoms with van der Waals surface area (Å²) in [5.74, 6) is 0.144. The third-order valence-electron chi connectivity index (χ3n) is 3.39. The predicted molar refractivity (Wildman–Crippen MR) is 89.4 cm³/mol. The van der Waals surface area contributed by atoms with Crippen molar-refractivity contribution in [1.29, 1.82) is 0 Å². The summed E-state index contributed by atoms with van der Waals surface area (Å²) in [4.78, 5) is 23.6. The molecule has 0 bridgehead atoms. The van der Waals surface area contributed by atoms with E-state index in [1.807, 2.05) is 42.5 Å². The number of ether oxygens (including phenoxy) is 2. The molecule has 0 spiro atoms. The number of nitrogens with one attached hydrogen (secondary N) is 1. The molecule has 0 aliphatic carbocycles. The van der Waals surface area contributed by atoms with Gasteiger partial charge in [-0.3, -0.25) is 10.1 Å². The van der Waals surface area contributed by atoms with Crippen molar-refractivity contribution in [3.8, 4) is 5.75 Å². The Balaban J connectivity index is 1.78. The van der Waals surface area contributed by atoms with Crippen LogP contribution in [0.4, 0.5) is 4.79 Å². The first-order valence-corrected chi connectivity index (χ1v) is 7.48. The van der Waals surface area contributed by atoms with E-state index in [-0.39, 0.29) is 6.61 Å². The highest BCUT2D eigenvalue weighted by molar-refractivity contribution is 5.94. The molecule has 0 heterocycles. The van der Waals surface area contributed by atoms with Crippen LogP contribution in [0, 0.1) is 0 Å². The zero-order chi connectivity index (χ0) is 17.4. The minimum atomic E-state index is -0.845. The fourth-order valence-electron chi connectivity index (χ4n) is 2.06. The van der Waals surface area contributed by atoms with E-state index in [2.05, 4.69) is 5.32 Å². The van der Waals surface area contributed by atoms with Gasteiger partial charge in [-0.1, -0.05) is 42.5 Å². The fraction of sp³-hybridized carbons (Fsp3) is 0.222. The molecule has 0 aliphatic rings. The summed E-state index contributed by atoms with van der Waals surface area (Å²) in [6.07, 6.45) is -0.504. The second kappa shape index (κ2) is 8.69. The Morgan fingerprint density at radius 2 is 1.71 bits per heavy atom. The molecule has 0 aliphatic heterocycles. The van der Waals surface area contributed by atoms with Gasteiger partial charge in [-0.15, -0.1) is 0 Å². The normalized spacial score (nSPS) is 11.4. The van der Waals surface area contributed by atoms with Crippen LogP contribution >= 0.6 is 0 Å². The van der Waals surface area contributed by atoms with Crippen molar-refractivity contribution in [3.05, 3.63) is 65.7 Å². The number of nitrogens with two attached hydrogens (primary N) is 1. The molecule has 2 rings (SSSR count). The summed E-state index contributed by atoms with van der Waals surface area (Å²) in [6, 6.07) is 15.6. The highest BCUT2D eigenvalue weighted by Gasteiger charge is 2.17. The summed E-state index contributed by atoms with van der Waals surface area (Å²) >= 11 is 0. The molecule has 1 atom stereocenters. The van der Waals surface area contributed by atoms with Crippen LogP contribution < -0.4 is 15.8 Å². The largest absolute Gasteiger partial charge is 0.497 e. The van der Waals surface area contributed by atoms with Crippen LogP contribution in [0.3, 0.4) is 0 Å². The summed E-state index contributed by atoms with van der Waals surface area (Å²) in [6.45, 7) is 0.0909. The molecular formula is C18H20N2O4. The van der Waals surface area contributed by atoms with Crippen molar-refractivity contribution in [1.82, 2.24) is 5.32 Å². The van der Waals surface area contributed by atoms with E-state index in [9.17, 15) is 9.59 Å². The number of imide groups is 1. The number of hydrogen-bond acceptors (Lipinski definition) is 5. The lowest BCUT2D eigenvalue weighted by atomic mass is 10.1. The van der Waals surface area contributed by atoms with Crippen molar-refractivity contribution in [3.63, 3.8) is 0 Å². The first-order valence-electron chi connectivity index (χ1n) is 7.48. The number of rotatable bonds is 6. The zero-order valence-corrected chi connectivity index (χ0v) is 13.4. The van der Waals surface area contributed by atoms with Gasteiger partial charge in [-0.2, -0.15) is 0 Å². The first-order chi connectivity index (χ1) is 11.6. The number of amides is 2. The minimum absolute atomic E-state index is 0.0909. The van der Waals surface area contributed by atoms with E-state index < -0.39 is 18.0 Å². The van der Waals surface area contributed by atoms with Crippen LogP contribution in [-0.4, -0.2) is 25.2 Å². The second-order valence-corrected chi connectivity index (χ2v) is 5.21. The topological polar surface area (TPSA) is 90.6 Å². The number of carbonyl (C=O) groups is 2. The molecule has 0 unspecified atom stereocenters. The quantitative estimate of drug-likeness (QED) is 0.846. The summed E-state index contributed by atoms with van der Waals surface area (Å²) in [7, 11) is 1.58. The van der Waals surface area contributed by atoms with Crippen LogP contribution in [0.1, 0.15) is 11.1 Å². The molecule has 6 nitrogen and oxygen atoms in total. The van der Waals surface area contributed by atoms with Crippen LogP contribution in [0.5, 0.6) is 5.75 Å². The second-order valence-electron chi connectivity index (χ2n) is 5.21. The number of hydrogen-bond donors (Lipinski definition) is 2. The van der Waals surface area contributed by atoms with Crippen LogP contribution in [0.2, 0.25) is 0 Å². The van der Waals surface area contributed by atoms with Gasteiger partial charge in [0, 0.05) is 0 Å². The average Bonchev–Trinajstić information content (AvgIpc) is 2.61. The van der Waals surface area contributed by atoms with Gasteiger partial charge < -0.3 is 15.2 Å². The lowest BCUT2D eigenvalue weighted by Gasteiger charge is -2.12. The van der Waals surface area contributed by atoms with E-state index in [1.165, 1.54) is 0 Å². The van der Waals surface area contributed by atoms with Crippen molar-refractivity contribution in [2.24, 2.45) is 5.73 Å². The lowest BCUT2D eigenvalue weighted by Crippen LogP contribution is -2.44. The maximum absolute atomic E-state index is 11.9. The molecule has 3 N–H and O–H groups in total. The standard InChI is InChI=1S/C18H20N2O4/c1-23-15-9-7-13(8-10-15)11-16(19)17(21)20-18(22)24-12-14-5-3-2-4-6-14/h2-10,16H,11-12,19H2,1H3,(H,20,21,22)/t16-/m0/s1. The van der Waals surface area contributed by atoms with Crippen LogP contribution in [-0.2, 0) is 22.6 Å². The molecule has 2 amide bonds. The summed E-state index contributed by atoms with van der Waals surface area (Å²) in [5, 5.41) is 2.14. The lowest BCUT2D eigenvalue weighted by molar-refractivity contribution is -0.121. The number of alkyl carbamates (subject to hydrolysis) is 1. The van der Waals surface area contributed by atoms with Gasteiger partial charge in [-0.05, 0) is 29.7 Å². The Kier molecular flexibility index (Phi) is 6.33. The molecule has 0 saturated carbocycles. The maximum atomic E-state index is 11.9. The maximum Gasteiger partial charge on any atom is 0.414 e. The van der Waals surface area contributed by atoms with Crippen molar-refractivity contribution in [2.75, 3.05) is 7.11 Å². The smallest absolute Gasteiger partial charge is 0.414 e. The highest BCUT2D eigenvalue weighted by atomic mass is 16.5. The first kappa shape index (κ1) is 17.5. The van der Waals surface area contributed by atoms with E-state index in [1.54, 1.807) is 19.2 Å².